The van der Waals surface area contributed by atoms with E-state index >= 15 is 8.78 Å². The van der Waals surface area contributed by atoms with Gasteiger partial charge in [0.25, 0.3) is 0 Å². The van der Waals surface area contributed by atoms with Crippen molar-refractivity contribution in [2.75, 3.05) is 34.0 Å². The van der Waals surface area contributed by atoms with Crippen LogP contribution in [0.25, 0.3) is 0 Å². The molecule has 2 saturated heterocycles. The van der Waals surface area contributed by atoms with E-state index in [4.69, 9.17) is 14.2 Å². The molecular weight excluding hydrogens is 502 g/mol. The molecule has 0 bridgehead atoms. The molecule has 4 rings (SSSR count). The molecule has 0 spiro atoms. The van der Waals surface area contributed by atoms with Crippen LogP contribution < -0.4 is 5.32 Å². The van der Waals surface area contributed by atoms with Crippen LogP contribution in [0.3, 0.4) is 0 Å². The molecule has 10 heteroatoms. The number of halogens is 2. The van der Waals surface area contributed by atoms with Crippen LogP contribution >= 0.6 is 0 Å². The van der Waals surface area contributed by atoms with Crippen LogP contribution in [-0.2, 0) is 36.3 Å². The smallest absolute Gasteiger partial charge is 0.221 e. The van der Waals surface area contributed by atoms with Gasteiger partial charge in [0.15, 0.2) is 6.29 Å². The molecule has 0 radical (unpaired) electrons. The highest BCUT2D eigenvalue weighted by atomic mass is 32.2. The molecule has 0 aliphatic carbocycles. The zero-order valence-electron chi connectivity index (χ0n) is 21.6. The highest BCUT2D eigenvalue weighted by molar-refractivity contribution is 7.89. The summed E-state index contributed by atoms with van der Waals surface area (Å²) in [7, 11) is -0.747. The second kappa shape index (κ2) is 11.8. The summed E-state index contributed by atoms with van der Waals surface area (Å²) in [5.74, 6) is -1.22. The number of nitrogens with one attached hydrogen (secondary N) is 1. The average molecular weight is 539 g/mol. The minimum absolute atomic E-state index is 0.0132. The van der Waals surface area contributed by atoms with Crippen LogP contribution in [0.5, 0.6) is 0 Å². The molecule has 0 aromatic heterocycles. The number of benzene rings is 2. The van der Waals surface area contributed by atoms with E-state index < -0.39 is 38.7 Å². The Kier molecular flexibility index (Phi) is 8.98. The summed E-state index contributed by atoms with van der Waals surface area (Å²) in [6.07, 6.45) is 1.46. The van der Waals surface area contributed by atoms with E-state index in [9.17, 15) is 8.42 Å². The first-order valence-corrected chi connectivity index (χ1v) is 14.1. The molecule has 37 heavy (non-hydrogen) atoms. The van der Waals surface area contributed by atoms with E-state index in [0.717, 1.165) is 6.07 Å². The lowest BCUT2D eigenvalue weighted by Crippen LogP contribution is -2.50. The predicted octanol–water partition coefficient (Wildman–Crippen LogP) is 4.23. The van der Waals surface area contributed by atoms with E-state index in [1.165, 1.54) is 24.6 Å². The normalized spacial score (nSPS) is 23.8. The fraction of sp³-hybridized carbons (Fsp3) is 0.556. The molecule has 7 nitrogen and oxygen atoms in total. The van der Waals surface area contributed by atoms with Gasteiger partial charge in [-0.3, -0.25) is 0 Å². The van der Waals surface area contributed by atoms with Gasteiger partial charge in [-0.2, -0.15) is 4.31 Å². The number of rotatable bonds is 9. The minimum Gasteiger partial charge on any atom is -0.381 e. The highest BCUT2D eigenvalue weighted by Crippen LogP contribution is 2.39. The Morgan fingerprint density at radius 2 is 1.76 bits per heavy atom. The van der Waals surface area contributed by atoms with Crippen molar-refractivity contribution in [3.63, 3.8) is 0 Å². The van der Waals surface area contributed by atoms with Gasteiger partial charge in [0.2, 0.25) is 10.0 Å². The first-order chi connectivity index (χ1) is 17.7. The fourth-order valence-corrected chi connectivity index (χ4v) is 7.59. The van der Waals surface area contributed by atoms with Crippen molar-refractivity contribution < 1.29 is 31.4 Å². The number of sulfonamides is 1. The maximum absolute atomic E-state index is 15.7. The molecular formula is C27H36F2N2O5S. The molecule has 1 N–H and O–H groups in total. The van der Waals surface area contributed by atoms with Crippen molar-refractivity contribution in [3.8, 4) is 0 Å². The number of hydrogen-bond donors (Lipinski definition) is 1. The number of hydrogen-bond acceptors (Lipinski definition) is 6. The van der Waals surface area contributed by atoms with E-state index in [-0.39, 0.29) is 30.3 Å². The molecule has 0 saturated carbocycles. The van der Waals surface area contributed by atoms with E-state index in [1.54, 1.807) is 12.1 Å². The summed E-state index contributed by atoms with van der Waals surface area (Å²) in [6.45, 7) is 2.65. The quantitative estimate of drug-likeness (QED) is 0.482. The van der Waals surface area contributed by atoms with Gasteiger partial charge in [-0.05, 0) is 50.3 Å². The summed E-state index contributed by atoms with van der Waals surface area (Å²) < 4.78 is 75.6. The zero-order chi connectivity index (χ0) is 26.6. The average Bonchev–Trinajstić information content (AvgIpc) is 2.89. The third kappa shape index (κ3) is 5.89. The van der Waals surface area contributed by atoms with Crippen LogP contribution in [0.1, 0.15) is 54.5 Å². The Morgan fingerprint density at radius 1 is 1.08 bits per heavy atom. The van der Waals surface area contributed by atoms with Gasteiger partial charge in [0.05, 0.1) is 5.54 Å². The topological polar surface area (TPSA) is 77.1 Å². The van der Waals surface area contributed by atoms with Crippen molar-refractivity contribution in [1.82, 2.24) is 9.62 Å². The van der Waals surface area contributed by atoms with Gasteiger partial charge >= 0.3 is 0 Å². The highest BCUT2D eigenvalue weighted by Gasteiger charge is 2.42. The number of methoxy groups -OCH3 is 2. The maximum atomic E-state index is 15.7. The van der Waals surface area contributed by atoms with Gasteiger partial charge < -0.3 is 19.5 Å². The van der Waals surface area contributed by atoms with Gasteiger partial charge in [-0.25, -0.2) is 17.2 Å². The maximum Gasteiger partial charge on any atom is 0.221 e. The fourth-order valence-electron chi connectivity index (χ4n) is 5.40. The monoisotopic (exact) mass is 538 g/mol. The lowest BCUT2D eigenvalue weighted by Gasteiger charge is -2.40. The Balaban J connectivity index is 1.62. The van der Waals surface area contributed by atoms with Crippen LogP contribution in [0, 0.1) is 11.6 Å². The van der Waals surface area contributed by atoms with Crippen molar-refractivity contribution in [2.45, 2.75) is 62.3 Å². The summed E-state index contributed by atoms with van der Waals surface area (Å²) in [6, 6.07) is 11.1. The van der Waals surface area contributed by atoms with Crippen LogP contribution in [0.2, 0.25) is 0 Å². The van der Waals surface area contributed by atoms with Gasteiger partial charge in [0, 0.05) is 57.7 Å². The Labute approximate surface area is 218 Å². The summed E-state index contributed by atoms with van der Waals surface area (Å²) in [4.78, 5) is 0. The van der Waals surface area contributed by atoms with E-state index in [1.807, 2.05) is 25.1 Å². The zero-order valence-corrected chi connectivity index (χ0v) is 22.4. The minimum atomic E-state index is -3.77. The first-order valence-electron chi connectivity index (χ1n) is 12.6. The van der Waals surface area contributed by atoms with Gasteiger partial charge in [-0.15, -0.1) is 0 Å². The lowest BCUT2D eigenvalue weighted by atomic mass is 9.81. The van der Waals surface area contributed by atoms with Gasteiger partial charge in [0.1, 0.15) is 16.9 Å². The van der Waals surface area contributed by atoms with Gasteiger partial charge in [-0.1, -0.05) is 30.3 Å². The predicted molar refractivity (Wildman–Crippen MR) is 136 cm³/mol. The van der Waals surface area contributed by atoms with Crippen molar-refractivity contribution in [2.24, 2.45) is 0 Å². The molecule has 2 aromatic carbocycles. The number of ether oxygens (including phenoxy) is 3. The molecule has 204 valence electrons. The SMILES string of the molecule is COC(CNC1(c2cc(F)c(CN3[C@@H](C)CC[C@H](c4ccccc4)S3(=O)=O)cc2F)CCOCC1)OC. The second-order valence-corrected chi connectivity index (χ2v) is 11.9. The van der Waals surface area contributed by atoms with Crippen molar-refractivity contribution in [3.05, 3.63) is 70.8 Å². The largest absolute Gasteiger partial charge is 0.381 e. The molecule has 2 heterocycles. The molecule has 0 amide bonds. The van der Waals surface area contributed by atoms with Crippen molar-refractivity contribution >= 4 is 10.0 Å². The van der Waals surface area contributed by atoms with E-state index in [0.29, 0.717) is 44.5 Å². The summed E-state index contributed by atoms with van der Waals surface area (Å²) >= 11 is 0. The number of nitrogens with zero attached hydrogens (tertiary/aromatic N) is 1. The molecule has 2 aliphatic rings. The summed E-state index contributed by atoms with van der Waals surface area (Å²) in [5.41, 5.74) is 0.0539. The Hall–Kier alpha value is -1.95. The molecule has 2 atom stereocenters. The summed E-state index contributed by atoms with van der Waals surface area (Å²) in [5, 5.41) is 2.62. The molecule has 0 unspecified atom stereocenters. The first kappa shape index (κ1) is 28.1. The second-order valence-electron chi connectivity index (χ2n) is 9.82. The van der Waals surface area contributed by atoms with E-state index in [2.05, 4.69) is 5.32 Å². The van der Waals surface area contributed by atoms with Crippen LogP contribution in [0.4, 0.5) is 8.78 Å². The standard InChI is InChI=1S/C27H36F2N2O5S/c1-19-9-10-25(20-7-5-4-6-8-20)37(32,33)31(19)18-21-15-24(29)22(16-23(21)28)27(11-13-36-14-12-27)30-17-26(34-2)35-3/h4-8,15-16,19,25-26,30H,9-14,17-18H2,1-3H3/t19-,25+/m0/s1. The molecule has 2 aliphatic heterocycles. The van der Waals surface area contributed by atoms with Crippen LogP contribution in [-0.4, -0.2) is 59.0 Å². The lowest BCUT2D eigenvalue weighted by molar-refractivity contribution is -0.105. The van der Waals surface area contributed by atoms with Crippen LogP contribution in [0.15, 0.2) is 42.5 Å². The Morgan fingerprint density at radius 3 is 2.41 bits per heavy atom. The molecule has 2 fully saturated rings. The third-order valence-corrected chi connectivity index (χ3v) is 10.0. The third-order valence-electron chi connectivity index (χ3n) is 7.65. The van der Waals surface area contributed by atoms with Crippen molar-refractivity contribution in [1.29, 1.82) is 0 Å². The molecule has 2 aromatic rings. The Bertz CT molecular complexity index is 1150.